The summed E-state index contributed by atoms with van der Waals surface area (Å²) in [7, 11) is 0. The van der Waals surface area contributed by atoms with Gasteiger partial charge in [-0.3, -0.25) is 9.69 Å². The lowest BCUT2D eigenvalue weighted by molar-refractivity contribution is -0.132. The number of rotatable bonds is 3. The van der Waals surface area contributed by atoms with Gasteiger partial charge in [-0.05, 0) is 11.1 Å². The first-order valence-corrected chi connectivity index (χ1v) is 7.82. The van der Waals surface area contributed by atoms with Crippen LogP contribution in [0, 0.1) is 0 Å². The highest BCUT2D eigenvalue weighted by Gasteiger charge is 2.29. The maximum absolute atomic E-state index is 11.7. The van der Waals surface area contributed by atoms with E-state index < -0.39 is 0 Å². The smallest absolute Gasteiger partial charge is 0.219 e. The largest absolute Gasteiger partial charge is 0.340 e. The minimum absolute atomic E-state index is 0.167. The Balaban J connectivity index is 1.82. The molecule has 1 unspecified atom stereocenters. The second-order valence-electron chi connectivity index (χ2n) is 5.85. The predicted octanol–water partition coefficient (Wildman–Crippen LogP) is 3.09. The van der Waals surface area contributed by atoms with Crippen molar-refractivity contribution < 1.29 is 4.79 Å². The summed E-state index contributed by atoms with van der Waals surface area (Å²) in [4.78, 5) is 16.2. The fourth-order valence-electron chi connectivity index (χ4n) is 3.11. The quantitative estimate of drug-likeness (QED) is 0.868. The summed E-state index contributed by atoms with van der Waals surface area (Å²) in [6.07, 6.45) is 0. The highest BCUT2D eigenvalue weighted by Crippen LogP contribution is 2.27. The Kier molecular flexibility index (Phi) is 4.54. The summed E-state index contributed by atoms with van der Waals surface area (Å²) in [5, 5.41) is 0. The van der Waals surface area contributed by atoms with Crippen molar-refractivity contribution in [2.45, 2.75) is 19.5 Å². The molecule has 1 fully saturated rings. The first kappa shape index (κ1) is 14.8. The van der Waals surface area contributed by atoms with Gasteiger partial charge in [0.25, 0.3) is 0 Å². The molecular weight excluding hydrogens is 272 g/mol. The Morgan fingerprint density at radius 1 is 1.00 bits per heavy atom. The molecule has 0 radical (unpaired) electrons. The van der Waals surface area contributed by atoms with Gasteiger partial charge in [-0.2, -0.15) is 0 Å². The Hall–Kier alpha value is -2.13. The van der Waals surface area contributed by atoms with Gasteiger partial charge >= 0.3 is 0 Å². The second-order valence-corrected chi connectivity index (χ2v) is 5.85. The standard InChI is InChI=1S/C19H22N2O/c1-16(22)20-12-13-21(14-17-8-4-2-5-9-17)19(15-20)18-10-6-3-7-11-18/h2-11,19H,12-15H2,1H3. The molecular formula is C19H22N2O. The fourth-order valence-corrected chi connectivity index (χ4v) is 3.11. The third-order valence-corrected chi connectivity index (χ3v) is 4.35. The molecule has 22 heavy (non-hydrogen) atoms. The Labute approximate surface area is 132 Å². The van der Waals surface area contributed by atoms with Crippen LogP contribution >= 0.6 is 0 Å². The maximum atomic E-state index is 11.7. The lowest BCUT2D eigenvalue weighted by Crippen LogP contribution is -2.49. The second kappa shape index (κ2) is 6.75. The van der Waals surface area contributed by atoms with Crippen LogP contribution in [0.4, 0.5) is 0 Å². The van der Waals surface area contributed by atoms with E-state index in [2.05, 4.69) is 53.4 Å². The summed E-state index contributed by atoms with van der Waals surface area (Å²) in [6, 6.07) is 21.3. The molecule has 2 aromatic rings. The van der Waals surface area contributed by atoms with E-state index in [0.717, 1.165) is 26.2 Å². The molecule has 1 aliphatic heterocycles. The van der Waals surface area contributed by atoms with Crippen molar-refractivity contribution in [3.8, 4) is 0 Å². The van der Waals surface area contributed by atoms with Gasteiger partial charge in [0.15, 0.2) is 0 Å². The van der Waals surface area contributed by atoms with Crippen molar-refractivity contribution in [3.05, 3.63) is 71.8 Å². The predicted molar refractivity (Wildman–Crippen MR) is 88.3 cm³/mol. The minimum Gasteiger partial charge on any atom is -0.340 e. The average molecular weight is 294 g/mol. The van der Waals surface area contributed by atoms with Gasteiger partial charge in [-0.25, -0.2) is 0 Å². The van der Waals surface area contributed by atoms with Crippen molar-refractivity contribution in [2.24, 2.45) is 0 Å². The third-order valence-electron chi connectivity index (χ3n) is 4.35. The molecule has 1 heterocycles. The third kappa shape index (κ3) is 3.37. The van der Waals surface area contributed by atoms with Gasteiger partial charge < -0.3 is 4.90 Å². The molecule has 114 valence electrons. The van der Waals surface area contributed by atoms with E-state index in [0.29, 0.717) is 0 Å². The van der Waals surface area contributed by atoms with Crippen LogP contribution in [0.2, 0.25) is 0 Å². The van der Waals surface area contributed by atoms with E-state index in [1.165, 1.54) is 11.1 Å². The summed E-state index contributed by atoms with van der Waals surface area (Å²) in [5.41, 5.74) is 2.60. The van der Waals surface area contributed by atoms with E-state index in [1.54, 1.807) is 6.92 Å². The summed E-state index contributed by atoms with van der Waals surface area (Å²) in [6.45, 7) is 5.08. The summed E-state index contributed by atoms with van der Waals surface area (Å²) < 4.78 is 0. The molecule has 1 amide bonds. The monoisotopic (exact) mass is 294 g/mol. The number of carbonyl (C=O) groups excluding carboxylic acids is 1. The molecule has 3 heteroatoms. The molecule has 1 aliphatic rings. The van der Waals surface area contributed by atoms with E-state index >= 15 is 0 Å². The summed E-state index contributed by atoms with van der Waals surface area (Å²) >= 11 is 0. The lowest BCUT2D eigenvalue weighted by atomic mass is 10.0. The molecule has 2 aromatic carbocycles. The molecule has 1 atom stereocenters. The Morgan fingerprint density at radius 3 is 2.27 bits per heavy atom. The van der Waals surface area contributed by atoms with Crippen LogP contribution in [0.25, 0.3) is 0 Å². The zero-order chi connectivity index (χ0) is 15.4. The number of carbonyl (C=O) groups is 1. The molecule has 0 aromatic heterocycles. The van der Waals surface area contributed by atoms with Crippen LogP contribution in [-0.4, -0.2) is 35.3 Å². The SMILES string of the molecule is CC(=O)N1CCN(Cc2ccccc2)C(c2ccccc2)C1. The van der Waals surface area contributed by atoms with E-state index in [9.17, 15) is 4.79 Å². The Morgan fingerprint density at radius 2 is 1.64 bits per heavy atom. The number of hydrogen-bond donors (Lipinski definition) is 0. The van der Waals surface area contributed by atoms with Crippen LogP contribution < -0.4 is 0 Å². The number of hydrogen-bond acceptors (Lipinski definition) is 2. The fraction of sp³-hybridized carbons (Fsp3) is 0.316. The molecule has 0 saturated carbocycles. The molecule has 3 nitrogen and oxygen atoms in total. The zero-order valence-corrected chi connectivity index (χ0v) is 13.0. The maximum Gasteiger partial charge on any atom is 0.219 e. The first-order valence-electron chi connectivity index (χ1n) is 7.82. The number of benzene rings is 2. The van der Waals surface area contributed by atoms with Gasteiger partial charge in [-0.15, -0.1) is 0 Å². The van der Waals surface area contributed by atoms with E-state index in [4.69, 9.17) is 0 Å². The van der Waals surface area contributed by atoms with Crippen LogP contribution in [-0.2, 0) is 11.3 Å². The number of nitrogens with zero attached hydrogens (tertiary/aromatic N) is 2. The normalized spacial score (nSPS) is 19.1. The van der Waals surface area contributed by atoms with Gasteiger partial charge in [0, 0.05) is 33.1 Å². The molecule has 0 spiro atoms. The van der Waals surface area contributed by atoms with Crippen molar-refractivity contribution >= 4 is 5.91 Å². The van der Waals surface area contributed by atoms with Gasteiger partial charge in [0.05, 0.1) is 6.04 Å². The number of amides is 1. The highest BCUT2D eigenvalue weighted by molar-refractivity contribution is 5.73. The van der Waals surface area contributed by atoms with Crippen molar-refractivity contribution in [3.63, 3.8) is 0 Å². The minimum atomic E-state index is 0.167. The average Bonchev–Trinajstić information content (AvgIpc) is 2.57. The highest BCUT2D eigenvalue weighted by atomic mass is 16.2. The summed E-state index contributed by atoms with van der Waals surface area (Å²) in [5.74, 6) is 0.167. The van der Waals surface area contributed by atoms with Gasteiger partial charge in [0.2, 0.25) is 5.91 Å². The molecule has 0 aliphatic carbocycles. The molecule has 1 saturated heterocycles. The first-order chi connectivity index (χ1) is 10.7. The van der Waals surface area contributed by atoms with Crippen LogP contribution in [0.3, 0.4) is 0 Å². The van der Waals surface area contributed by atoms with Crippen molar-refractivity contribution in [1.82, 2.24) is 9.80 Å². The lowest BCUT2D eigenvalue weighted by Gasteiger charge is -2.41. The van der Waals surface area contributed by atoms with Gasteiger partial charge in [-0.1, -0.05) is 60.7 Å². The Bertz CT molecular complexity index is 612. The van der Waals surface area contributed by atoms with Crippen LogP contribution in [0.15, 0.2) is 60.7 Å². The molecule has 0 bridgehead atoms. The zero-order valence-electron chi connectivity index (χ0n) is 13.0. The number of piperazine rings is 1. The van der Waals surface area contributed by atoms with Crippen LogP contribution in [0.5, 0.6) is 0 Å². The molecule has 3 rings (SSSR count). The molecule has 0 N–H and O–H groups in total. The van der Waals surface area contributed by atoms with E-state index in [1.807, 2.05) is 17.0 Å². The topological polar surface area (TPSA) is 23.6 Å². The van der Waals surface area contributed by atoms with Crippen molar-refractivity contribution in [2.75, 3.05) is 19.6 Å². The van der Waals surface area contributed by atoms with E-state index in [-0.39, 0.29) is 11.9 Å². The van der Waals surface area contributed by atoms with Crippen LogP contribution in [0.1, 0.15) is 24.1 Å². The van der Waals surface area contributed by atoms with Gasteiger partial charge in [0.1, 0.15) is 0 Å². The van der Waals surface area contributed by atoms with Crippen molar-refractivity contribution in [1.29, 1.82) is 0 Å².